The average molecular weight is 303 g/mol. The topological polar surface area (TPSA) is 38.5 Å². The Morgan fingerprint density at radius 1 is 1.19 bits per heavy atom. The lowest BCUT2D eigenvalue weighted by Crippen LogP contribution is -2.24. The van der Waals surface area contributed by atoms with Crippen LogP contribution in [0.3, 0.4) is 0 Å². The van der Waals surface area contributed by atoms with Gasteiger partial charge in [0.1, 0.15) is 11.9 Å². The number of ether oxygens (including phenoxy) is 1. The molecule has 0 aliphatic carbocycles. The molecule has 0 bridgehead atoms. The Hall–Kier alpha value is -1.87. The molecule has 3 nitrogen and oxygen atoms in total. The minimum Gasteiger partial charge on any atom is -0.487 e. The molecule has 110 valence electrons. The number of hydrogen-bond donors (Lipinski definition) is 1. The summed E-state index contributed by atoms with van der Waals surface area (Å²) >= 11 is 6.16. The number of hydrogen-bond acceptors (Lipinski definition) is 3. The van der Waals surface area contributed by atoms with E-state index in [1.54, 1.807) is 6.07 Å². The van der Waals surface area contributed by atoms with Gasteiger partial charge < -0.3 is 15.4 Å². The largest absolute Gasteiger partial charge is 0.487 e. The summed E-state index contributed by atoms with van der Waals surface area (Å²) in [6.45, 7) is 3.98. The molecule has 1 atom stereocenters. The fourth-order valence-electron chi connectivity index (χ4n) is 2.61. The molecule has 4 heteroatoms. The van der Waals surface area contributed by atoms with Crippen LogP contribution in [0, 0.1) is 6.92 Å². The molecule has 0 amide bonds. The van der Waals surface area contributed by atoms with Gasteiger partial charge in [-0.15, -0.1) is 0 Å². The van der Waals surface area contributed by atoms with Gasteiger partial charge in [-0.25, -0.2) is 0 Å². The molecule has 1 heterocycles. The molecule has 1 aliphatic heterocycles. The van der Waals surface area contributed by atoms with Crippen LogP contribution < -0.4 is 15.4 Å². The van der Waals surface area contributed by atoms with Crippen molar-refractivity contribution in [1.82, 2.24) is 0 Å². The molecular formula is C17H19ClN2O. The van der Waals surface area contributed by atoms with Crippen molar-refractivity contribution in [3.8, 4) is 5.75 Å². The molecule has 1 aliphatic rings. The number of aryl methyl sites for hydroxylation is 1. The maximum Gasteiger partial charge on any atom is 0.138 e. The Kier molecular flexibility index (Phi) is 3.93. The van der Waals surface area contributed by atoms with Gasteiger partial charge in [-0.2, -0.15) is 0 Å². The smallest absolute Gasteiger partial charge is 0.138 e. The number of nitrogen functional groups attached to an aromatic ring is 1. The van der Waals surface area contributed by atoms with Gasteiger partial charge in [0, 0.05) is 24.3 Å². The molecule has 21 heavy (non-hydrogen) atoms. The van der Waals surface area contributed by atoms with Crippen molar-refractivity contribution in [3.05, 3.63) is 53.1 Å². The minimum absolute atomic E-state index is 0.160. The van der Waals surface area contributed by atoms with Crippen LogP contribution in [0.4, 0.5) is 11.4 Å². The quantitative estimate of drug-likeness (QED) is 0.874. The summed E-state index contributed by atoms with van der Waals surface area (Å²) in [7, 11) is 0. The summed E-state index contributed by atoms with van der Waals surface area (Å²) in [5.41, 5.74) is 8.87. The molecule has 2 N–H and O–H groups in total. The maximum absolute atomic E-state index is 6.16. The summed E-state index contributed by atoms with van der Waals surface area (Å²) in [6, 6.07) is 14.0. The Morgan fingerprint density at radius 2 is 1.95 bits per heavy atom. The van der Waals surface area contributed by atoms with Crippen LogP contribution in [0.5, 0.6) is 5.75 Å². The van der Waals surface area contributed by atoms with Gasteiger partial charge in [0.15, 0.2) is 0 Å². The van der Waals surface area contributed by atoms with Gasteiger partial charge in [-0.3, -0.25) is 0 Å². The summed E-state index contributed by atoms with van der Waals surface area (Å²) < 4.78 is 6.01. The van der Waals surface area contributed by atoms with Crippen LogP contribution in [-0.2, 0) is 0 Å². The number of benzene rings is 2. The highest BCUT2D eigenvalue weighted by Gasteiger charge is 2.24. The highest BCUT2D eigenvalue weighted by molar-refractivity contribution is 6.32. The molecule has 0 radical (unpaired) electrons. The first-order valence-corrected chi connectivity index (χ1v) is 7.53. The fourth-order valence-corrected chi connectivity index (χ4v) is 2.84. The van der Waals surface area contributed by atoms with Crippen molar-refractivity contribution in [1.29, 1.82) is 0 Å². The predicted molar refractivity (Wildman–Crippen MR) is 88.3 cm³/mol. The summed E-state index contributed by atoms with van der Waals surface area (Å²) in [5.74, 6) is 0.710. The molecule has 0 spiro atoms. The predicted octanol–water partition coefficient (Wildman–Crippen LogP) is 3.89. The van der Waals surface area contributed by atoms with Gasteiger partial charge in [-0.1, -0.05) is 29.3 Å². The van der Waals surface area contributed by atoms with E-state index in [0.717, 1.165) is 19.5 Å². The Morgan fingerprint density at radius 3 is 2.67 bits per heavy atom. The second kappa shape index (κ2) is 5.86. The molecule has 0 saturated carbocycles. The van der Waals surface area contributed by atoms with Gasteiger partial charge in [0.2, 0.25) is 0 Å². The lowest BCUT2D eigenvalue weighted by molar-refractivity contribution is 0.225. The zero-order valence-corrected chi connectivity index (χ0v) is 12.8. The van der Waals surface area contributed by atoms with E-state index in [1.165, 1.54) is 11.3 Å². The number of nitrogens with two attached hydrogens (primary N) is 1. The van der Waals surface area contributed by atoms with E-state index in [-0.39, 0.29) is 6.10 Å². The van der Waals surface area contributed by atoms with Crippen molar-refractivity contribution >= 4 is 23.0 Å². The van der Waals surface area contributed by atoms with Crippen LogP contribution in [0.15, 0.2) is 42.5 Å². The third-order valence-corrected chi connectivity index (χ3v) is 4.09. The monoisotopic (exact) mass is 302 g/mol. The van der Waals surface area contributed by atoms with Gasteiger partial charge in [0.25, 0.3) is 0 Å². The molecule has 1 unspecified atom stereocenters. The Balaban J connectivity index is 1.65. The molecule has 2 aromatic rings. The third kappa shape index (κ3) is 3.24. The van der Waals surface area contributed by atoms with E-state index in [1.807, 2.05) is 12.1 Å². The van der Waals surface area contributed by atoms with Crippen LogP contribution >= 0.6 is 11.6 Å². The van der Waals surface area contributed by atoms with Crippen molar-refractivity contribution in [2.75, 3.05) is 23.7 Å². The first-order chi connectivity index (χ1) is 10.1. The lowest BCUT2D eigenvalue weighted by Gasteiger charge is -2.19. The number of anilines is 2. The maximum atomic E-state index is 6.16. The van der Waals surface area contributed by atoms with Crippen molar-refractivity contribution in [3.63, 3.8) is 0 Å². The molecule has 3 rings (SSSR count). The summed E-state index contributed by atoms with van der Waals surface area (Å²) in [6.07, 6.45) is 1.15. The molecular weight excluding hydrogens is 284 g/mol. The number of halogens is 1. The second-order valence-electron chi connectivity index (χ2n) is 5.50. The van der Waals surface area contributed by atoms with E-state index < -0.39 is 0 Å². The first kappa shape index (κ1) is 14.1. The van der Waals surface area contributed by atoms with Gasteiger partial charge in [-0.05, 0) is 37.3 Å². The number of nitrogens with zero attached hydrogens (tertiary/aromatic N) is 1. The van der Waals surface area contributed by atoms with Crippen LogP contribution in [0.1, 0.15) is 12.0 Å². The molecule has 1 fully saturated rings. The third-order valence-electron chi connectivity index (χ3n) is 3.79. The summed E-state index contributed by atoms with van der Waals surface area (Å²) in [4.78, 5) is 2.34. The van der Waals surface area contributed by atoms with Gasteiger partial charge >= 0.3 is 0 Å². The van der Waals surface area contributed by atoms with E-state index in [4.69, 9.17) is 22.1 Å². The molecule has 0 aromatic heterocycles. The lowest BCUT2D eigenvalue weighted by atomic mass is 10.2. The van der Waals surface area contributed by atoms with Crippen molar-refractivity contribution < 1.29 is 4.74 Å². The number of rotatable bonds is 3. The SMILES string of the molecule is Cc1ccc(N2CCC(Oc3ccc(N)cc3Cl)C2)cc1. The van der Waals surface area contributed by atoms with Gasteiger partial charge in [0.05, 0.1) is 11.6 Å². The van der Waals surface area contributed by atoms with Crippen molar-refractivity contribution in [2.45, 2.75) is 19.4 Å². The second-order valence-corrected chi connectivity index (χ2v) is 5.91. The van der Waals surface area contributed by atoms with Crippen LogP contribution in [0.25, 0.3) is 0 Å². The van der Waals surface area contributed by atoms with Crippen molar-refractivity contribution in [2.24, 2.45) is 0 Å². The Bertz CT molecular complexity index is 627. The van der Waals surface area contributed by atoms with E-state index in [9.17, 15) is 0 Å². The molecule has 2 aromatic carbocycles. The zero-order valence-electron chi connectivity index (χ0n) is 12.1. The standard InChI is InChI=1S/C17H19ClN2O/c1-12-2-5-14(6-3-12)20-9-8-15(11-20)21-17-7-4-13(19)10-16(17)18/h2-7,10,15H,8-9,11,19H2,1H3. The Labute approximate surface area is 130 Å². The van der Waals surface area contributed by atoms with E-state index in [0.29, 0.717) is 16.5 Å². The molecule has 1 saturated heterocycles. The zero-order chi connectivity index (χ0) is 14.8. The van der Waals surface area contributed by atoms with E-state index >= 15 is 0 Å². The normalized spacial score (nSPS) is 18.0. The summed E-state index contributed by atoms with van der Waals surface area (Å²) in [5, 5.41) is 0.573. The van der Waals surface area contributed by atoms with E-state index in [2.05, 4.69) is 36.1 Å². The van der Waals surface area contributed by atoms with Crippen LogP contribution in [-0.4, -0.2) is 19.2 Å². The average Bonchev–Trinajstić information content (AvgIpc) is 2.91. The first-order valence-electron chi connectivity index (χ1n) is 7.15. The minimum atomic E-state index is 0.160. The highest BCUT2D eigenvalue weighted by atomic mass is 35.5. The van der Waals surface area contributed by atoms with Crippen LogP contribution in [0.2, 0.25) is 5.02 Å². The highest BCUT2D eigenvalue weighted by Crippen LogP contribution is 2.30. The fraction of sp³-hybridized carbons (Fsp3) is 0.294.